The number of rotatable bonds is 1. The molecule has 44 valence electrons. The molecule has 0 saturated carbocycles. The molecule has 0 aromatic heterocycles. The molecule has 0 fully saturated rings. The third-order valence-corrected chi connectivity index (χ3v) is 1.73. The highest BCUT2D eigenvalue weighted by atomic mass is 32.2. The lowest BCUT2D eigenvalue weighted by atomic mass is 10.4. The van der Waals surface area contributed by atoms with E-state index in [9.17, 15) is 4.79 Å². The van der Waals surface area contributed by atoms with Gasteiger partial charge in [0.05, 0.1) is 0 Å². The van der Waals surface area contributed by atoms with Gasteiger partial charge in [-0.1, -0.05) is 0 Å². The van der Waals surface area contributed by atoms with Crippen molar-refractivity contribution in [3.63, 3.8) is 0 Å². The molecule has 4 heteroatoms. The van der Waals surface area contributed by atoms with Crippen LogP contribution in [0.15, 0.2) is 12.3 Å². The number of carbonyl (C=O) groups is 1. The van der Waals surface area contributed by atoms with Crippen LogP contribution in [0.25, 0.3) is 0 Å². The average molecular weight is 130 g/mol. The number of hydrogen-bond acceptors (Lipinski definition) is 3. The Morgan fingerprint density at radius 3 is 2.88 bits per heavy atom. The summed E-state index contributed by atoms with van der Waals surface area (Å²) in [7, 11) is 0. The van der Waals surface area contributed by atoms with Crippen LogP contribution < -0.4 is 10.5 Å². The van der Waals surface area contributed by atoms with Gasteiger partial charge in [-0.15, -0.1) is 0 Å². The maximum absolute atomic E-state index is 10.3. The topological polar surface area (TPSA) is 55.1 Å². The molecule has 0 aromatic rings. The molecule has 3 N–H and O–H groups in total. The number of nitrogens with one attached hydrogen (secondary N) is 1. The standard InChI is InChI=1S/C4H6N2OS/c5-4(7)3-1-2-6-8-3/h1-3,6H,(H2,5,7). The summed E-state index contributed by atoms with van der Waals surface area (Å²) in [6, 6.07) is 0. The number of nitrogens with two attached hydrogens (primary N) is 1. The van der Waals surface area contributed by atoms with Gasteiger partial charge in [0.2, 0.25) is 5.91 Å². The van der Waals surface area contributed by atoms with Gasteiger partial charge in [-0.25, -0.2) is 0 Å². The molecule has 1 amide bonds. The van der Waals surface area contributed by atoms with Crippen molar-refractivity contribution in [1.29, 1.82) is 0 Å². The fourth-order valence-electron chi connectivity index (χ4n) is 0.431. The SMILES string of the molecule is NC(=O)C1C=CNS1. The minimum atomic E-state index is -0.295. The second-order valence-electron chi connectivity index (χ2n) is 1.42. The fourth-order valence-corrected chi connectivity index (χ4v) is 1.01. The minimum Gasteiger partial charge on any atom is -0.368 e. The first-order chi connectivity index (χ1) is 3.80. The zero-order chi connectivity index (χ0) is 5.98. The van der Waals surface area contributed by atoms with E-state index in [4.69, 9.17) is 5.73 Å². The van der Waals surface area contributed by atoms with Gasteiger partial charge in [0.25, 0.3) is 0 Å². The van der Waals surface area contributed by atoms with Crippen LogP contribution in [0.3, 0.4) is 0 Å². The van der Waals surface area contributed by atoms with E-state index in [1.54, 1.807) is 12.3 Å². The average Bonchev–Trinajstić information content (AvgIpc) is 2.12. The van der Waals surface area contributed by atoms with E-state index < -0.39 is 0 Å². The Labute approximate surface area is 51.4 Å². The molecule has 1 aliphatic rings. The van der Waals surface area contributed by atoms with Crippen molar-refractivity contribution in [2.45, 2.75) is 5.25 Å². The largest absolute Gasteiger partial charge is 0.368 e. The highest BCUT2D eigenvalue weighted by Crippen LogP contribution is 2.12. The zero-order valence-electron chi connectivity index (χ0n) is 4.13. The van der Waals surface area contributed by atoms with Gasteiger partial charge in [-0.2, -0.15) is 0 Å². The first-order valence-corrected chi connectivity index (χ1v) is 3.06. The summed E-state index contributed by atoms with van der Waals surface area (Å²) in [6.45, 7) is 0. The van der Waals surface area contributed by atoms with Gasteiger partial charge < -0.3 is 10.5 Å². The van der Waals surface area contributed by atoms with Crippen LogP contribution in [0.1, 0.15) is 0 Å². The smallest absolute Gasteiger partial charge is 0.236 e. The lowest BCUT2D eigenvalue weighted by Gasteiger charge is -1.96. The Morgan fingerprint density at radius 2 is 2.62 bits per heavy atom. The van der Waals surface area contributed by atoms with E-state index in [2.05, 4.69) is 4.72 Å². The minimum absolute atomic E-state index is 0.171. The van der Waals surface area contributed by atoms with Crippen molar-refractivity contribution in [3.8, 4) is 0 Å². The molecule has 0 bridgehead atoms. The van der Waals surface area contributed by atoms with E-state index in [0.29, 0.717) is 0 Å². The fraction of sp³-hybridized carbons (Fsp3) is 0.250. The number of carbonyl (C=O) groups excluding carboxylic acids is 1. The second-order valence-corrected chi connectivity index (χ2v) is 2.40. The maximum Gasteiger partial charge on any atom is 0.236 e. The zero-order valence-corrected chi connectivity index (χ0v) is 4.94. The predicted octanol–water partition coefficient (Wildman–Crippen LogP) is -0.395. The molecule has 0 spiro atoms. The van der Waals surface area contributed by atoms with Crippen molar-refractivity contribution in [3.05, 3.63) is 12.3 Å². The first-order valence-electron chi connectivity index (χ1n) is 2.18. The van der Waals surface area contributed by atoms with Crippen molar-refractivity contribution in [1.82, 2.24) is 4.72 Å². The van der Waals surface area contributed by atoms with Gasteiger partial charge in [-0.3, -0.25) is 4.79 Å². The molecular formula is C4H6N2OS. The quantitative estimate of drug-likeness (QED) is 0.475. The summed E-state index contributed by atoms with van der Waals surface area (Å²) < 4.78 is 2.79. The highest BCUT2D eigenvalue weighted by Gasteiger charge is 2.14. The summed E-state index contributed by atoms with van der Waals surface area (Å²) in [5.41, 5.74) is 4.95. The van der Waals surface area contributed by atoms with E-state index in [-0.39, 0.29) is 11.2 Å². The third kappa shape index (κ3) is 0.949. The summed E-state index contributed by atoms with van der Waals surface area (Å²) in [4.78, 5) is 10.3. The molecule has 1 aliphatic heterocycles. The van der Waals surface area contributed by atoms with Crippen LogP contribution in [-0.4, -0.2) is 11.2 Å². The molecule has 0 saturated heterocycles. The third-order valence-electron chi connectivity index (χ3n) is 0.814. The van der Waals surface area contributed by atoms with Crippen molar-refractivity contribution in [2.24, 2.45) is 5.73 Å². The van der Waals surface area contributed by atoms with Gasteiger partial charge >= 0.3 is 0 Å². The normalized spacial score (nSPS) is 25.2. The molecule has 1 unspecified atom stereocenters. The molecule has 0 aliphatic carbocycles. The van der Waals surface area contributed by atoms with Gasteiger partial charge in [0.15, 0.2) is 0 Å². The number of amides is 1. The molecule has 1 rings (SSSR count). The van der Waals surface area contributed by atoms with Crippen molar-refractivity contribution >= 4 is 17.9 Å². The van der Waals surface area contributed by atoms with Crippen LogP contribution in [0.4, 0.5) is 0 Å². The van der Waals surface area contributed by atoms with E-state index in [0.717, 1.165) is 0 Å². The van der Waals surface area contributed by atoms with Crippen LogP contribution >= 0.6 is 11.9 Å². The molecule has 8 heavy (non-hydrogen) atoms. The van der Waals surface area contributed by atoms with E-state index >= 15 is 0 Å². The summed E-state index contributed by atoms with van der Waals surface area (Å²) >= 11 is 1.31. The molecule has 3 nitrogen and oxygen atoms in total. The molecule has 0 radical (unpaired) electrons. The number of hydrogen-bond donors (Lipinski definition) is 2. The van der Waals surface area contributed by atoms with Gasteiger partial charge in [0.1, 0.15) is 5.25 Å². The van der Waals surface area contributed by atoms with Crippen molar-refractivity contribution < 1.29 is 4.79 Å². The van der Waals surface area contributed by atoms with Crippen LogP contribution in [0, 0.1) is 0 Å². The lowest BCUT2D eigenvalue weighted by molar-refractivity contribution is -0.116. The second kappa shape index (κ2) is 2.09. The summed E-state index contributed by atoms with van der Waals surface area (Å²) in [6.07, 6.45) is 3.44. The van der Waals surface area contributed by atoms with Gasteiger partial charge in [0, 0.05) is 6.20 Å². The molecule has 0 aromatic carbocycles. The highest BCUT2D eigenvalue weighted by molar-refractivity contribution is 7.99. The molecular weight excluding hydrogens is 124 g/mol. The molecule has 1 atom stereocenters. The number of primary amides is 1. The maximum atomic E-state index is 10.3. The monoisotopic (exact) mass is 130 g/mol. The van der Waals surface area contributed by atoms with Crippen LogP contribution in [-0.2, 0) is 4.79 Å². The van der Waals surface area contributed by atoms with Gasteiger partial charge in [-0.05, 0) is 18.0 Å². The first kappa shape index (κ1) is 5.50. The summed E-state index contributed by atoms with van der Waals surface area (Å²) in [5.74, 6) is -0.295. The Bertz CT molecular complexity index is 134. The van der Waals surface area contributed by atoms with Crippen molar-refractivity contribution in [2.75, 3.05) is 0 Å². The Balaban J connectivity index is 2.48. The van der Waals surface area contributed by atoms with E-state index in [1.165, 1.54) is 11.9 Å². The van der Waals surface area contributed by atoms with E-state index in [1.807, 2.05) is 0 Å². The van der Waals surface area contributed by atoms with Crippen LogP contribution in [0.2, 0.25) is 0 Å². The van der Waals surface area contributed by atoms with Crippen LogP contribution in [0.5, 0.6) is 0 Å². The lowest BCUT2D eigenvalue weighted by Crippen LogP contribution is -2.22. The summed E-state index contributed by atoms with van der Waals surface area (Å²) in [5, 5.41) is -0.171. The Morgan fingerprint density at radius 1 is 1.88 bits per heavy atom. The predicted molar refractivity (Wildman–Crippen MR) is 32.8 cm³/mol. The molecule has 1 heterocycles. The Kier molecular flexibility index (Phi) is 1.43. The Hall–Kier alpha value is -0.640.